The quantitative estimate of drug-likeness (QED) is 0.224. The molecule has 38 heavy (non-hydrogen) atoms. The van der Waals surface area contributed by atoms with E-state index >= 15 is 0 Å². The molecule has 6 heteroatoms. The number of ether oxygens (including phenoxy) is 2. The molecule has 1 unspecified atom stereocenters. The minimum absolute atomic E-state index is 0.0428. The summed E-state index contributed by atoms with van der Waals surface area (Å²) in [7, 11) is 3.15. The number of hydrogen-bond donors (Lipinski definition) is 1. The van der Waals surface area contributed by atoms with Gasteiger partial charge in [-0.15, -0.1) is 0 Å². The van der Waals surface area contributed by atoms with Crippen molar-refractivity contribution in [2.45, 2.75) is 52.0 Å². The molecule has 3 aromatic rings. The highest BCUT2D eigenvalue weighted by atomic mass is 16.5. The number of amides is 1. The molecule has 0 bridgehead atoms. The van der Waals surface area contributed by atoms with Crippen LogP contribution in [0.25, 0.3) is 5.76 Å². The van der Waals surface area contributed by atoms with Crippen LogP contribution in [0.15, 0.2) is 72.3 Å². The molecule has 3 aromatic carbocycles. The summed E-state index contributed by atoms with van der Waals surface area (Å²) in [5, 5.41) is 11.6. The van der Waals surface area contributed by atoms with Crippen LogP contribution in [-0.2, 0) is 15.0 Å². The van der Waals surface area contributed by atoms with Crippen molar-refractivity contribution >= 4 is 23.1 Å². The van der Waals surface area contributed by atoms with Crippen molar-refractivity contribution in [3.05, 3.63) is 94.6 Å². The molecule has 1 aliphatic heterocycles. The van der Waals surface area contributed by atoms with Gasteiger partial charge in [-0.3, -0.25) is 14.5 Å². The van der Waals surface area contributed by atoms with Gasteiger partial charge in [-0.2, -0.15) is 0 Å². The van der Waals surface area contributed by atoms with E-state index in [1.54, 1.807) is 50.6 Å². The van der Waals surface area contributed by atoms with Gasteiger partial charge in [0.25, 0.3) is 11.7 Å². The van der Waals surface area contributed by atoms with Crippen LogP contribution in [0.4, 0.5) is 5.69 Å². The number of carbonyl (C=O) groups is 2. The third-order valence-electron chi connectivity index (χ3n) is 6.99. The minimum atomic E-state index is -0.819. The molecule has 1 atom stereocenters. The number of ketones is 1. The first-order valence-electron chi connectivity index (χ1n) is 12.7. The van der Waals surface area contributed by atoms with Gasteiger partial charge in [-0.05, 0) is 58.4 Å². The maximum absolute atomic E-state index is 13.5. The molecular formula is C32H35NO5. The topological polar surface area (TPSA) is 76.1 Å². The van der Waals surface area contributed by atoms with Gasteiger partial charge in [-0.1, -0.05) is 65.0 Å². The predicted molar refractivity (Wildman–Crippen MR) is 150 cm³/mol. The first-order valence-corrected chi connectivity index (χ1v) is 12.7. The lowest BCUT2D eigenvalue weighted by atomic mass is 9.85. The van der Waals surface area contributed by atoms with E-state index in [0.29, 0.717) is 22.7 Å². The molecule has 1 fully saturated rings. The first-order chi connectivity index (χ1) is 18.0. The largest absolute Gasteiger partial charge is 0.507 e. The Labute approximate surface area is 224 Å². The van der Waals surface area contributed by atoms with Gasteiger partial charge < -0.3 is 14.6 Å². The van der Waals surface area contributed by atoms with E-state index in [0.717, 1.165) is 16.7 Å². The fraction of sp³-hybridized carbons (Fsp3) is 0.312. The fourth-order valence-corrected chi connectivity index (χ4v) is 4.83. The number of nitrogens with zero attached hydrogens (tertiary/aromatic N) is 1. The highest BCUT2D eigenvalue weighted by molar-refractivity contribution is 6.51. The van der Waals surface area contributed by atoms with Crippen LogP contribution in [0, 0.1) is 0 Å². The summed E-state index contributed by atoms with van der Waals surface area (Å²) in [6.07, 6.45) is 0. The van der Waals surface area contributed by atoms with E-state index in [1.165, 1.54) is 4.90 Å². The van der Waals surface area contributed by atoms with Gasteiger partial charge in [0.1, 0.15) is 17.3 Å². The molecule has 0 aliphatic carbocycles. The van der Waals surface area contributed by atoms with Crippen molar-refractivity contribution in [3.63, 3.8) is 0 Å². The summed E-state index contributed by atoms with van der Waals surface area (Å²) in [6, 6.07) is 19.4. The summed E-state index contributed by atoms with van der Waals surface area (Å²) in [6.45, 7) is 10.4. The molecule has 1 saturated heterocycles. The normalized spacial score (nSPS) is 17.3. The number of hydrogen-bond acceptors (Lipinski definition) is 5. The van der Waals surface area contributed by atoms with Crippen molar-refractivity contribution in [1.29, 1.82) is 0 Å². The average Bonchev–Trinajstić information content (AvgIpc) is 3.17. The van der Waals surface area contributed by atoms with E-state index in [1.807, 2.05) is 44.2 Å². The monoisotopic (exact) mass is 513 g/mol. The van der Waals surface area contributed by atoms with Crippen molar-refractivity contribution < 1.29 is 24.2 Å². The number of aliphatic hydroxyl groups excluding tert-OH is 1. The number of carbonyl (C=O) groups excluding carboxylic acids is 2. The molecule has 4 rings (SSSR count). The number of anilines is 1. The molecule has 1 amide bonds. The number of methoxy groups -OCH3 is 2. The van der Waals surface area contributed by atoms with Gasteiger partial charge in [0.15, 0.2) is 0 Å². The zero-order chi connectivity index (χ0) is 27.8. The zero-order valence-electron chi connectivity index (χ0n) is 23.0. The number of benzene rings is 3. The predicted octanol–water partition coefficient (Wildman–Crippen LogP) is 6.75. The Kier molecular flexibility index (Phi) is 7.36. The molecule has 1 heterocycles. The Morgan fingerprint density at radius 1 is 0.921 bits per heavy atom. The lowest BCUT2D eigenvalue weighted by Crippen LogP contribution is -2.29. The summed E-state index contributed by atoms with van der Waals surface area (Å²) >= 11 is 0. The number of Topliss-reactive ketones (excluding diaryl/α,β-unsaturated/α-hetero) is 1. The molecule has 0 radical (unpaired) electrons. The lowest BCUT2D eigenvalue weighted by molar-refractivity contribution is -0.132. The molecule has 0 saturated carbocycles. The lowest BCUT2D eigenvalue weighted by Gasteiger charge is -2.27. The van der Waals surface area contributed by atoms with Gasteiger partial charge in [0, 0.05) is 17.3 Å². The summed E-state index contributed by atoms with van der Waals surface area (Å²) in [5.41, 5.74) is 3.67. The third-order valence-corrected chi connectivity index (χ3v) is 6.99. The highest BCUT2D eigenvalue weighted by Crippen LogP contribution is 2.43. The Morgan fingerprint density at radius 2 is 1.61 bits per heavy atom. The third kappa shape index (κ3) is 4.91. The Hall–Kier alpha value is -4.06. The van der Waals surface area contributed by atoms with Crippen LogP contribution >= 0.6 is 0 Å². The SMILES string of the molecule is COc1cccc(N2C(=O)C(=O)/C(=C(\O)c3ccc(OC)c(C(C)C)c3)C2c2ccc(C(C)(C)C)cc2)c1. The number of aliphatic hydroxyl groups is 1. The second kappa shape index (κ2) is 10.4. The maximum Gasteiger partial charge on any atom is 0.300 e. The standard InChI is InChI=1S/C32H35NO5/c1-19(2)25-17-21(13-16-26(25)38-7)29(34)27-28(20-11-14-22(15-12-20)32(3,4)5)33(31(36)30(27)35)23-9-8-10-24(18-23)37-6/h8-19,28,34H,1-7H3/b29-27-. The smallest absolute Gasteiger partial charge is 0.300 e. The van der Waals surface area contributed by atoms with Crippen LogP contribution in [0.1, 0.15) is 68.8 Å². The molecule has 0 aromatic heterocycles. The Morgan fingerprint density at radius 3 is 2.18 bits per heavy atom. The minimum Gasteiger partial charge on any atom is -0.507 e. The van der Waals surface area contributed by atoms with E-state index < -0.39 is 17.7 Å². The van der Waals surface area contributed by atoms with Crippen LogP contribution in [-0.4, -0.2) is 31.0 Å². The molecule has 6 nitrogen and oxygen atoms in total. The first kappa shape index (κ1) is 27.0. The van der Waals surface area contributed by atoms with Crippen molar-refractivity contribution in [2.75, 3.05) is 19.1 Å². The fourth-order valence-electron chi connectivity index (χ4n) is 4.83. The summed E-state index contributed by atoms with van der Waals surface area (Å²) < 4.78 is 10.9. The number of rotatable bonds is 6. The van der Waals surface area contributed by atoms with Gasteiger partial charge in [0.05, 0.1) is 25.8 Å². The average molecular weight is 514 g/mol. The zero-order valence-corrected chi connectivity index (χ0v) is 23.0. The van der Waals surface area contributed by atoms with E-state index in [-0.39, 0.29) is 22.7 Å². The molecule has 198 valence electrons. The van der Waals surface area contributed by atoms with Crippen molar-refractivity contribution in [2.24, 2.45) is 0 Å². The van der Waals surface area contributed by atoms with Gasteiger partial charge >= 0.3 is 0 Å². The molecule has 1 aliphatic rings. The Bertz CT molecular complexity index is 1400. The van der Waals surface area contributed by atoms with E-state index in [9.17, 15) is 14.7 Å². The highest BCUT2D eigenvalue weighted by Gasteiger charge is 2.47. The summed E-state index contributed by atoms with van der Waals surface area (Å²) in [5.74, 6) is -0.286. The van der Waals surface area contributed by atoms with Crippen molar-refractivity contribution in [1.82, 2.24) is 0 Å². The van der Waals surface area contributed by atoms with Gasteiger partial charge in [0.2, 0.25) is 0 Å². The summed E-state index contributed by atoms with van der Waals surface area (Å²) in [4.78, 5) is 28.5. The second-order valence-corrected chi connectivity index (χ2v) is 10.9. The van der Waals surface area contributed by atoms with Crippen LogP contribution < -0.4 is 14.4 Å². The maximum atomic E-state index is 13.5. The van der Waals surface area contributed by atoms with Crippen LogP contribution in [0.2, 0.25) is 0 Å². The van der Waals surface area contributed by atoms with Crippen molar-refractivity contribution in [3.8, 4) is 11.5 Å². The molecular weight excluding hydrogens is 478 g/mol. The van der Waals surface area contributed by atoms with Crippen LogP contribution in [0.5, 0.6) is 11.5 Å². The molecule has 1 N–H and O–H groups in total. The van der Waals surface area contributed by atoms with Crippen LogP contribution in [0.3, 0.4) is 0 Å². The van der Waals surface area contributed by atoms with E-state index in [4.69, 9.17) is 9.47 Å². The van der Waals surface area contributed by atoms with Gasteiger partial charge in [-0.25, -0.2) is 0 Å². The Balaban J connectivity index is 1.95. The van der Waals surface area contributed by atoms with E-state index in [2.05, 4.69) is 20.8 Å². The second-order valence-electron chi connectivity index (χ2n) is 10.9. The molecule has 0 spiro atoms.